The Hall–Kier alpha value is -2.30. The number of nitrogens with zero attached hydrogens (tertiary/aromatic N) is 2. The number of benzene rings is 1. The standard InChI is InChI=1S/C16H18N2O3/c1-4-13-10(2)17-18(11(13)3)8-14(19)12-5-6-15-16(7-12)21-9-20-15/h5-7H,4,8-9H2,1-3H3. The zero-order chi connectivity index (χ0) is 15.0. The normalized spacial score (nSPS) is 12.7. The fourth-order valence-electron chi connectivity index (χ4n) is 2.70. The number of carbonyl (C=O) groups is 1. The summed E-state index contributed by atoms with van der Waals surface area (Å²) in [6.07, 6.45) is 0.926. The van der Waals surface area contributed by atoms with Gasteiger partial charge in [-0.05, 0) is 44.0 Å². The van der Waals surface area contributed by atoms with E-state index < -0.39 is 0 Å². The summed E-state index contributed by atoms with van der Waals surface area (Å²) in [6, 6.07) is 5.27. The molecular formula is C16H18N2O3. The molecule has 0 unspecified atom stereocenters. The number of ketones is 1. The molecule has 0 fully saturated rings. The lowest BCUT2D eigenvalue weighted by Crippen LogP contribution is -2.13. The molecule has 110 valence electrons. The summed E-state index contributed by atoms with van der Waals surface area (Å²) in [5, 5.41) is 4.46. The van der Waals surface area contributed by atoms with Gasteiger partial charge in [-0.1, -0.05) is 6.92 Å². The van der Waals surface area contributed by atoms with Crippen LogP contribution in [0, 0.1) is 13.8 Å². The maximum absolute atomic E-state index is 12.4. The van der Waals surface area contributed by atoms with E-state index in [0.29, 0.717) is 17.1 Å². The van der Waals surface area contributed by atoms with Gasteiger partial charge in [0.25, 0.3) is 0 Å². The molecule has 0 atom stereocenters. The fraction of sp³-hybridized carbons (Fsp3) is 0.375. The van der Waals surface area contributed by atoms with Gasteiger partial charge in [-0.25, -0.2) is 0 Å². The average Bonchev–Trinajstić information content (AvgIpc) is 3.03. The van der Waals surface area contributed by atoms with Crippen LogP contribution in [0.1, 0.15) is 34.2 Å². The molecule has 1 aromatic carbocycles. The molecule has 21 heavy (non-hydrogen) atoms. The molecule has 0 spiro atoms. The third-order valence-corrected chi connectivity index (χ3v) is 3.87. The van der Waals surface area contributed by atoms with E-state index in [-0.39, 0.29) is 19.1 Å². The highest BCUT2D eigenvalue weighted by atomic mass is 16.7. The van der Waals surface area contributed by atoms with Crippen molar-refractivity contribution in [3.8, 4) is 11.5 Å². The lowest BCUT2D eigenvalue weighted by atomic mass is 10.1. The Kier molecular flexibility index (Phi) is 3.41. The first-order chi connectivity index (χ1) is 10.1. The van der Waals surface area contributed by atoms with E-state index in [0.717, 1.165) is 17.8 Å². The molecule has 0 bridgehead atoms. The van der Waals surface area contributed by atoms with Crippen molar-refractivity contribution in [2.24, 2.45) is 0 Å². The highest BCUT2D eigenvalue weighted by Gasteiger charge is 2.18. The Morgan fingerprint density at radius 2 is 2.05 bits per heavy atom. The molecule has 3 rings (SSSR count). The number of rotatable bonds is 4. The summed E-state index contributed by atoms with van der Waals surface area (Å²) in [5.41, 5.74) is 3.89. The second-order valence-electron chi connectivity index (χ2n) is 5.15. The van der Waals surface area contributed by atoms with Crippen LogP contribution in [0.3, 0.4) is 0 Å². The first kappa shape index (κ1) is 13.7. The van der Waals surface area contributed by atoms with Crippen molar-refractivity contribution in [3.63, 3.8) is 0 Å². The predicted molar refractivity (Wildman–Crippen MR) is 78.0 cm³/mol. The summed E-state index contributed by atoms with van der Waals surface area (Å²) in [6.45, 7) is 6.54. The van der Waals surface area contributed by atoms with Crippen molar-refractivity contribution >= 4 is 5.78 Å². The van der Waals surface area contributed by atoms with Gasteiger partial charge in [0.15, 0.2) is 17.3 Å². The Labute approximate surface area is 123 Å². The molecule has 1 aromatic heterocycles. The van der Waals surface area contributed by atoms with Gasteiger partial charge in [-0.15, -0.1) is 0 Å². The third-order valence-electron chi connectivity index (χ3n) is 3.87. The largest absolute Gasteiger partial charge is 0.454 e. The van der Waals surface area contributed by atoms with Crippen LogP contribution in [0.2, 0.25) is 0 Å². The molecule has 1 aliphatic rings. The van der Waals surface area contributed by atoms with E-state index in [1.165, 1.54) is 5.56 Å². The maximum Gasteiger partial charge on any atom is 0.231 e. The summed E-state index contributed by atoms with van der Waals surface area (Å²) >= 11 is 0. The Bertz CT molecular complexity index is 704. The summed E-state index contributed by atoms with van der Waals surface area (Å²) in [7, 11) is 0. The highest BCUT2D eigenvalue weighted by Crippen LogP contribution is 2.32. The van der Waals surface area contributed by atoms with Crippen molar-refractivity contribution in [3.05, 3.63) is 40.7 Å². The third kappa shape index (κ3) is 2.39. The van der Waals surface area contributed by atoms with Gasteiger partial charge in [0.1, 0.15) is 6.54 Å². The molecule has 0 amide bonds. The number of fused-ring (bicyclic) bond motifs is 1. The maximum atomic E-state index is 12.4. The topological polar surface area (TPSA) is 53.4 Å². The van der Waals surface area contributed by atoms with Gasteiger partial charge in [0.05, 0.1) is 5.69 Å². The van der Waals surface area contributed by atoms with E-state index in [1.54, 1.807) is 22.9 Å². The lowest BCUT2D eigenvalue weighted by Gasteiger charge is -2.05. The van der Waals surface area contributed by atoms with Crippen molar-refractivity contribution in [2.75, 3.05) is 6.79 Å². The number of aryl methyl sites for hydroxylation is 1. The molecule has 0 aliphatic carbocycles. The number of carbonyl (C=O) groups excluding carboxylic acids is 1. The van der Waals surface area contributed by atoms with E-state index in [9.17, 15) is 4.79 Å². The van der Waals surface area contributed by atoms with Gasteiger partial charge in [0, 0.05) is 11.3 Å². The molecule has 0 saturated carbocycles. The van der Waals surface area contributed by atoms with Gasteiger partial charge >= 0.3 is 0 Å². The van der Waals surface area contributed by atoms with Crippen molar-refractivity contribution < 1.29 is 14.3 Å². The zero-order valence-corrected chi connectivity index (χ0v) is 12.5. The second kappa shape index (κ2) is 5.24. The Morgan fingerprint density at radius 3 is 2.76 bits per heavy atom. The van der Waals surface area contributed by atoms with E-state index in [2.05, 4.69) is 12.0 Å². The number of ether oxygens (including phenoxy) is 2. The second-order valence-corrected chi connectivity index (χ2v) is 5.15. The monoisotopic (exact) mass is 286 g/mol. The summed E-state index contributed by atoms with van der Waals surface area (Å²) < 4.78 is 12.3. The average molecular weight is 286 g/mol. The summed E-state index contributed by atoms with van der Waals surface area (Å²) in [5.74, 6) is 1.33. The Balaban J connectivity index is 1.83. The van der Waals surface area contributed by atoms with E-state index in [4.69, 9.17) is 9.47 Å². The van der Waals surface area contributed by atoms with E-state index in [1.807, 2.05) is 13.8 Å². The fourth-order valence-corrected chi connectivity index (χ4v) is 2.70. The molecular weight excluding hydrogens is 268 g/mol. The predicted octanol–water partition coefficient (Wildman–Crippen LogP) is 2.67. The Morgan fingerprint density at radius 1 is 1.29 bits per heavy atom. The smallest absolute Gasteiger partial charge is 0.231 e. The highest BCUT2D eigenvalue weighted by molar-refractivity contribution is 5.96. The molecule has 5 nitrogen and oxygen atoms in total. The number of Topliss-reactive ketones (excluding diaryl/α,β-unsaturated/α-hetero) is 1. The van der Waals surface area contributed by atoms with Gasteiger partial charge in [-0.2, -0.15) is 5.10 Å². The van der Waals surface area contributed by atoms with Crippen LogP contribution in [0.5, 0.6) is 11.5 Å². The lowest BCUT2D eigenvalue weighted by molar-refractivity contribution is 0.0966. The molecule has 2 aromatic rings. The molecule has 5 heteroatoms. The minimum absolute atomic E-state index is 0.0153. The minimum Gasteiger partial charge on any atom is -0.454 e. The van der Waals surface area contributed by atoms with Gasteiger partial charge in [-0.3, -0.25) is 9.48 Å². The van der Waals surface area contributed by atoms with Crippen LogP contribution in [-0.4, -0.2) is 22.4 Å². The molecule has 2 heterocycles. The summed E-state index contributed by atoms with van der Waals surface area (Å²) in [4.78, 5) is 12.4. The zero-order valence-electron chi connectivity index (χ0n) is 12.5. The van der Waals surface area contributed by atoms with Gasteiger partial charge < -0.3 is 9.47 Å². The first-order valence-corrected chi connectivity index (χ1v) is 7.06. The molecule has 0 radical (unpaired) electrons. The molecule has 1 aliphatic heterocycles. The quantitative estimate of drug-likeness (QED) is 0.811. The van der Waals surface area contributed by atoms with Crippen molar-refractivity contribution in [1.82, 2.24) is 9.78 Å². The van der Waals surface area contributed by atoms with Crippen LogP contribution in [0.15, 0.2) is 18.2 Å². The molecule has 0 N–H and O–H groups in total. The van der Waals surface area contributed by atoms with Crippen LogP contribution < -0.4 is 9.47 Å². The van der Waals surface area contributed by atoms with Crippen LogP contribution in [0.25, 0.3) is 0 Å². The minimum atomic E-state index is 0.0153. The number of aromatic nitrogens is 2. The van der Waals surface area contributed by atoms with E-state index >= 15 is 0 Å². The van der Waals surface area contributed by atoms with Crippen molar-refractivity contribution in [2.45, 2.75) is 33.7 Å². The van der Waals surface area contributed by atoms with Gasteiger partial charge in [0.2, 0.25) is 6.79 Å². The number of hydrogen-bond donors (Lipinski definition) is 0. The van der Waals surface area contributed by atoms with Crippen LogP contribution in [-0.2, 0) is 13.0 Å². The van der Waals surface area contributed by atoms with Crippen LogP contribution >= 0.6 is 0 Å². The van der Waals surface area contributed by atoms with Crippen LogP contribution in [0.4, 0.5) is 0 Å². The van der Waals surface area contributed by atoms with Crippen molar-refractivity contribution in [1.29, 1.82) is 0 Å². The number of hydrogen-bond acceptors (Lipinski definition) is 4. The SMILES string of the molecule is CCc1c(C)nn(CC(=O)c2ccc3c(c2)OCO3)c1C. The molecule has 0 saturated heterocycles. The first-order valence-electron chi connectivity index (χ1n) is 7.06.